The van der Waals surface area contributed by atoms with Crippen LogP contribution in [0.25, 0.3) is 0 Å². The van der Waals surface area contributed by atoms with Crippen LogP contribution in [0.1, 0.15) is 58.8 Å². The molecular formula is C15H28N2O4. The van der Waals surface area contributed by atoms with Crippen LogP contribution in [0.3, 0.4) is 0 Å². The normalized spacial score (nSPS) is 21.8. The Labute approximate surface area is 126 Å². The van der Waals surface area contributed by atoms with E-state index in [4.69, 9.17) is 9.47 Å². The van der Waals surface area contributed by atoms with Gasteiger partial charge in [0, 0.05) is 25.4 Å². The third-order valence-corrected chi connectivity index (χ3v) is 3.70. The molecule has 2 atom stereocenters. The van der Waals surface area contributed by atoms with E-state index in [1.165, 1.54) is 6.92 Å². The first-order chi connectivity index (χ1) is 10.1. The molecule has 0 bridgehead atoms. The van der Waals surface area contributed by atoms with Crippen molar-refractivity contribution in [2.75, 3.05) is 13.5 Å². The maximum atomic E-state index is 11.4. The molecule has 0 aromatic rings. The van der Waals surface area contributed by atoms with Gasteiger partial charge in [-0.3, -0.25) is 20.2 Å². The quantitative estimate of drug-likeness (QED) is 0.498. The van der Waals surface area contributed by atoms with Crippen molar-refractivity contribution in [3.8, 4) is 0 Å². The number of carbonyl (C=O) groups is 2. The molecule has 1 aliphatic rings. The molecule has 21 heavy (non-hydrogen) atoms. The van der Waals surface area contributed by atoms with Gasteiger partial charge in [-0.15, -0.1) is 0 Å². The van der Waals surface area contributed by atoms with Gasteiger partial charge in [0.05, 0.1) is 0 Å². The van der Waals surface area contributed by atoms with Crippen molar-refractivity contribution in [2.24, 2.45) is 0 Å². The summed E-state index contributed by atoms with van der Waals surface area (Å²) in [5.41, 5.74) is 0. The average molecular weight is 300 g/mol. The van der Waals surface area contributed by atoms with Crippen molar-refractivity contribution in [3.05, 3.63) is 0 Å². The fourth-order valence-corrected chi connectivity index (χ4v) is 2.49. The second-order valence-electron chi connectivity index (χ2n) is 5.45. The van der Waals surface area contributed by atoms with Gasteiger partial charge in [0.25, 0.3) is 0 Å². The largest absolute Gasteiger partial charge is 0.450 e. The van der Waals surface area contributed by atoms with Crippen molar-refractivity contribution < 1.29 is 19.1 Å². The molecule has 0 aromatic carbocycles. The van der Waals surface area contributed by atoms with Crippen molar-refractivity contribution in [1.82, 2.24) is 10.6 Å². The molecule has 1 aliphatic carbocycles. The second kappa shape index (κ2) is 10.6. The summed E-state index contributed by atoms with van der Waals surface area (Å²) in [6.45, 7) is 3.93. The van der Waals surface area contributed by atoms with E-state index in [0.29, 0.717) is 6.42 Å². The summed E-state index contributed by atoms with van der Waals surface area (Å²) < 4.78 is 10.1. The number of esters is 2. The Kier molecular flexibility index (Phi) is 9.01. The minimum absolute atomic E-state index is 0.149. The Hall–Kier alpha value is -1.14. The zero-order valence-electron chi connectivity index (χ0n) is 13.2. The van der Waals surface area contributed by atoms with Crippen molar-refractivity contribution in [2.45, 2.75) is 70.9 Å². The van der Waals surface area contributed by atoms with Crippen LogP contribution in [-0.2, 0) is 19.1 Å². The van der Waals surface area contributed by atoms with Gasteiger partial charge in [-0.1, -0.05) is 26.2 Å². The molecule has 6 nitrogen and oxygen atoms in total. The first kappa shape index (κ1) is 17.9. The maximum absolute atomic E-state index is 11.4. The fraction of sp³-hybridized carbons (Fsp3) is 0.867. The van der Waals surface area contributed by atoms with Gasteiger partial charge < -0.3 is 9.47 Å². The molecule has 2 N–H and O–H groups in total. The maximum Gasteiger partial charge on any atom is 0.307 e. The van der Waals surface area contributed by atoms with E-state index in [0.717, 1.165) is 38.5 Å². The molecule has 1 rings (SSSR count). The van der Waals surface area contributed by atoms with Gasteiger partial charge >= 0.3 is 11.9 Å². The lowest BCUT2D eigenvalue weighted by molar-refractivity contribution is -0.145. The van der Waals surface area contributed by atoms with E-state index in [-0.39, 0.29) is 37.5 Å². The number of ether oxygens (including phenoxy) is 2. The van der Waals surface area contributed by atoms with E-state index in [2.05, 4.69) is 10.6 Å². The molecule has 1 saturated carbocycles. The van der Waals surface area contributed by atoms with Gasteiger partial charge in [0.2, 0.25) is 0 Å². The summed E-state index contributed by atoms with van der Waals surface area (Å²) in [6, 6.07) is 0.487. The molecule has 0 aromatic heterocycles. The Balaban J connectivity index is 2.22. The number of hydrogen-bond donors (Lipinski definition) is 2. The average Bonchev–Trinajstić information content (AvgIpc) is 2.46. The molecule has 0 saturated heterocycles. The molecule has 122 valence electrons. The van der Waals surface area contributed by atoms with Gasteiger partial charge in [-0.2, -0.15) is 0 Å². The first-order valence-corrected chi connectivity index (χ1v) is 7.89. The summed E-state index contributed by atoms with van der Waals surface area (Å²) in [5.74, 6) is -0.433. The monoisotopic (exact) mass is 300 g/mol. The van der Waals surface area contributed by atoms with Crippen LogP contribution in [0.4, 0.5) is 0 Å². The van der Waals surface area contributed by atoms with Crippen LogP contribution in [0.5, 0.6) is 0 Å². The lowest BCUT2D eigenvalue weighted by Gasteiger charge is -2.32. The zero-order chi connectivity index (χ0) is 15.5. The lowest BCUT2D eigenvalue weighted by atomic mass is 9.90. The summed E-state index contributed by atoms with van der Waals surface area (Å²) in [6.07, 6.45) is 6.73. The molecule has 0 radical (unpaired) electrons. The van der Waals surface area contributed by atoms with Crippen LogP contribution in [-0.4, -0.2) is 37.5 Å². The predicted molar refractivity (Wildman–Crippen MR) is 79.4 cm³/mol. The zero-order valence-corrected chi connectivity index (χ0v) is 13.2. The third-order valence-electron chi connectivity index (χ3n) is 3.70. The SMILES string of the molecule is CCCCC(=O)OCNC1CCCC[C@H]1NCOC(C)=O. The molecular weight excluding hydrogens is 272 g/mol. The molecule has 0 spiro atoms. The Bertz CT molecular complexity index is 323. The van der Waals surface area contributed by atoms with Gasteiger partial charge in [0.1, 0.15) is 13.5 Å². The Morgan fingerprint density at radius 3 is 2.14 bits per heavy atom. The van der Waals surface area contributed by atoms with Crippen LogP contribution in [0.2, 0.25) is 0 Å². The highest BCUT2D eigenvalue weighted by Crippen LogP contribution is 2.18. The number of carbonyl (C=O) groups excluding carboxylic acids is 2. The smallest absolute Gasteiger partial charge is 0.307 e. The molecule has 0 amide bonds. The Morgan fingerprint density at radius 2 is 1.62 bits per heavy atom. The molecule has 0 heterocycles. The number of hydrogen-bond acceptors (Lipinski definition) is 6. The van der Waals surface area contributed by atoms with Gasteiger partial charge in [0.15, 0.2) is 0 Å². The van der Waals surface area contributed by atoms with Crippen LogP contribution >= 0.6 is 0 Å². The molecule has 0 aliphatic heterocycles. The Morgan fingerprint density at radius 1 is 1.05 bits per heavy atom. The summed E-state index contributed by atoms with van der Waals surface area (Å²) in [7, 11) is 0. The van der Waals surface area contributed by atoms with Crippen LogP contribution in [0.15, 0.2) is 0 Å². The topological polar surface area (TPSA) is 76.7 Å². The fourth-order valence-electron chi connectivity index (χ4n) is 2.49. The van der Waals surface area contributed by atoms with Crippen molar-refractivity contribution in [3.63, 3.8) is 0 Å². The van der Waals surface area contributed by atoms with Gasteiger partial charge in [-0.05, 0) is 19.3 Å². The van der Waals surface area contributed by atoms with Crippen molar-refractivity contribution >= 4 is 11.9 Å². The minimum Gasteiger partial charge on any atom is -0.450 e. The summed E-state index contributed by atoms with van der Waals surface area (Å²) in [4.78, 5) is 22.2. The minimum atomic E-state index is -0.285. The number of unbranched alkanes of at least 4 members (excludes halogenated alkanes) is 1. The molecule has 1 unspecified atom stereocenters. The summed E-state index contributed by atoms with van der Waals surface area (Å²) >= 11 is 0. The van der Waals surface area contributed by atoms with Crippen LogP contribution in [0, 0.1) is 0 Å². The standard InChI is InChI=1S/C15H28N2O4/c1-3-4-9-15(19)21-11-17-14-8-6-5-7-13(14)16-10-20-12(2)18/h13-14,16-17H,3-11H2,1-2H3/t13-,14?/m1/s1. The van der Waals surface area contributed by atoms with E-state index in [9.17, 15) is 9.59 Å². The van der Waals surface area contributed by atoms with Gasteiger partial charge in [-0.25, -0.2) is 0 Å². The predicted octanol–water partition coefficient (Wildman–Crippen LogP) is 1.69. The number of rotatable bonds is 9. The van der Waals surface area contributed by atoms with E-state index >= 15 is 0 Å². The van der Waals surface area contributed by atoms with E-state index < -0.39 is 0 Å². The van der Waals surface area contributed by atoms with E-state index in [1.807, 2.05) is 6.92 Å². The van der Waals surface area contributed by atoms with E-state index in [1.54, 1.807) is 0 Å². The van der Waals surface area contributed by atoms with Crippen molar-refractivity contribution in [1.29, 1.82) is 0 Å². The highest BCUT2D eigenvalue weighted by Gasteiger charge is 2.24. The second-order valence-corrected chi connectivity index (χ2v) is 5.45. The molecule has 6 heteroatoms. The number of nitrogens with one attached hydrogen (secondary N) is 2. The third kappa shape index (κ3) is 8.02. The molecule has 1 fully saturated rings. The highest BCUT2D eigenvalue weighted by atomic mass is 16.5. The van der Waals surface area contributed by atoms with Crippen LogP contribution < -0.4 is 10.6 Å². The summed E-state index contributed by atoms with van der Waals surface area (Å²) in [5, 5.41) is 6.50. The lowest BCUT2D eigenvalue weighted by Crippen LogP contribution is -2.51. The first-order valence-electron chi connectivity index (χ1n) is 7.89. The highest BCUT2D eigenvalue weighted by molar-refractivity contribution is 5.69.